The van der Waals surface area contributed by atoms with Crippen molar-refractivity contribution in [2.75, 3.05) is 19.0 Å². The Morgan fingerprint density at radius 3 is 2.94 bits per heavy atom. The highest BCUT2D eigenvalue weighted by atomic mass is 35.5. The second kappa shape index (κ2) is 4.96. The predicted molar refractivity (Wildman–Crippen MR) is 67.6 cm³/mol. The van der Waals surface area contributed by atoms with Crippen molar-refractivity contribution in [1.29, 1.82) is 0 Å². The minimum absolute atomic E-state index is 0.0596. The van der Waals surface area contributed by atoms with Gasteiger partial charge < -0.3 is 10.0 Å². The van der Waals surface area contributed by atoms with Crippen LogP contribution in [-0.4, -0.2) is 34.9 Å². The predicted octanol–water partition coefficient (Wildman–Crippen LogP) is 2.40. The molecule has 1 aromatic rings. The molecule has 1 N–H and O–H groups in total. The number of aromatic hydroxyl groups is 1. The van der Waals surface area contributed by atoms with Crippen molar-refractivity contribution in [1.82, 2.24) is 4.90 Å². The van der Waals surface area contributed by atoms with E-state index in [9.17, 15) is 9.90 Å². The molecule has 1 saturated heterocycles. The first-order valence-corrected chi connectivity index (χ1v) is 6.30. The number of hydrogen-bond acceptors (Lipinski definition) is 2. The molecule has 0 bridgehead atoms. The Bertz CT molecular complexity index is 433. The van der Waals surface area contributed by atoms with E-state index in [0.29, 0.717) is 23.9 Å². The molecular formula is C13H16ClNO2. The van der Waals surface area contributed by atoms with E-state index in [2.05, 4.69) is 0 Å². The van der Waals surface area contributed by atoms with Crippen LogP contribution in [0.25, 0.3) is 0 Å². The first-order valence-electron chi connectivity index (χ1n) is 5.76. The molecule has 4 heteroatoms. The number of nitrogens with zero attached hydrogens (tertiary/aromatic N) is 1. The Labute approximate surface area is 106 Å². The van der Waals surface area contributed by atoms with E-state index < -0.39 is 0 Å². The summed E-state index contributed by atoms with van der Waals surface area (Å²) in [5, 5.41) is 9.77. The first-order chi connectivity index (χ1) is 8.11. The van der Waals surface area contributed by atoms with Crippen molar-refractivity contribution in [3.8, 4) is 5.75 Å². The van der Waals surface area contributed by atoms with E-state index in [1.807, 2.05) is 13.0 Å². The number of halogens is 1. The van der Waals surface area contributed by atoms with Gasteiger partial charge in [-0.1, -0.05) is 6.07 Å². The molecule has 0 aliphatic carbocycles. The maximum atomic E-state index is 12.2. The zero-order chi connectivity index (χ0) is 12.4. The molecule has 0 radical (unpaired) electrons. The lowest BCUT2D eigenvalue weighted by atomic mass is 10.1. The lowest BCUT2D eigenvalue weighted by Gasteiger charge is -2.17. The molecule has 17 heavy (non-hydrogen) atoms. The van der Waals surface area contributed by atoms with Crippen LogP contribution in [0.5, 0.6) is 5.75 Å². The van der Waals surface area contributed by atoms with Crippen LogP contribution >= 0.6 is 11.6 Å². The van der Waals surface area contributed by atoms with Gasteiger partial charge in [0.1, 0.15) is 5.75 Å². The Balaban J connectivity index is 2.15. The van der Waals surface area contributed by atoms with E-state index in [4.69, 9.17) is 11.6 Å². The lowest BCUT2D eigenvalue weighted by molar-refractivity contribution is 0.0785. The molecule has 1 heterocycles. The van der Waals surface area contributed by atoms with E-state index in [1.54, 1.807) is 17.0 Å². The van der Waals surface area contributed by atoms with Gasteiger partial charge in [-0.2, -0.15) is 0 Å². The number of carbonyl (C=O) groups is 1. The molecule has 1 amide bonds. The Hall–Kier alpha value is -1.22. The molecule has 0 aromatic heterocycles. The largest absolute Gasteiger partial charge is 0.507 e. The lowest BCUT2D eigenvalue weighted by Crippen LogP contribution is -2.28. The van der Waals surface area contributed by atoms with Crippen molar-refractivity contribution < 1.29 is 9.90 Å². The van der Waals surface area contributed by atoms with E-state index in [0.717, 1.165) is 18.5 Å². The van der Waals surface area contributed by atoms with Gasteiger partial charge in [-0.25, -0.2) is 0 Å². The van der Waals surface area contributed by atoms with Gasteiger partial charge in [-0.3, -0.25) is 4.79 Å². The van der Waals surface area contributed by atoms with Gasteiger partial charge in [-0.15, -0.1) is 11.6 Å². The van der Waals surface area contributed by atoms with Gasteiger partial charge in [0.05, 0.1) is 5.56 Å². The van der Waals surface area contributed by atoms with Gasteiger partial charge in [0.2, 0.25) is 0 Å². The average Bonchev–Trinajstić information content (AvgIpc) is 2.76. The normalized spacial score (nSPS) is 19.6. The Morgan fingerprint density at radius 2 is 2.35 bits per heavy atom. The van der Waals surface area contributed by atoms with Crippen LogP contribution in [0, 0.1) is 12.8 Å². The number of phenolic OH excluding ortho intramolecular Hbond substituents is 1. The van der Waals surface area contributed by atoms with Crippen molar-refractivity contribution in [3.63, 3.8) is 0 Å². The number of amides is 1. The highest BCUT2D eigenvalue weighted by Crippen LogP contribution is 2.24. The molecule has 0 saturated carbocycles. The van der Waals surface area contributed by atoms with Gasteiger partial charge >= 0.3 is 0 Å². The van der Waals surface area contributed by atoms with Crippen molar-refractivity contribution in [3.05, 3.63) is 29.3 Å². The van der Waals surface area contributed by atoms with E-state index >= 15 is 0 Å². The fourth-order valence-corrected chi connectivity index (χ4v) is 2.39. The van der Waals surface area contributed by atoms with Crippen LogP contribution in [0.3, 0.4) is 0 Å². The summed E-state index contributed by atoms with van der Waals surface area (Å²) in [6.45, 7) is 3.30. The average molecular weight is 254 g/mol. The van der Waals surface area contributed by atoms with Crippen LogP contribution < -0.4 is 0 Å². The molecule has 1 aliphatic heterocycles. The molecule has 1 aliphatic rings. The second-order valence-electron chi connectivity index (χ2n) is 4.58. The van der Waals surface area contributed by atoms with Crippen LogP contribution in [0.4, 0.5) is 0 Å². The second-order valence-corrected chi connectivity index (χ2v) is 4.89. The third-order valence-corrected chi connectivity index (χ3v) is 3.61. The number of aryl methyl sites for hydroxylation is 1. The summed E-state index contributed by atoms with van der Waals surface area (Å²) >= 11 is 5.79. The minimum atomic E-state index is -0.102. The summed E-state index contributed by atoms with van der Waals surface area (Å²) in [7, 11) is 0. The van der Waals surface area contributed by atoms with Crippen LogP contribution in [0.15, 0.2) is 18.2 Å². The van der Waals surface area contributed by atoms with Gasteiger partial charge in [0, 0.05) is 19.0 Å². The third-order valence-electron chi connectivity index (χ3n) is 3.17. The molecule has 2 rings (SSSR count). The molecule has 1 unspecified atom stereocenters. The van der Waals surface area contributed by atoms with E-state index in [-0.39, 0.29) is 11.7 Å². The van der Waals surface area contributed by atoms with E-state index in [1.165, 1.54) is 0 Å². The topological polar surface area (TPSA) is 40.5 Å². The summed E-state index contributed by atoms with van der Waals surface area (Å²) in [6, 6.07) is 5.13. The smallest absolute Gasteiger partial charge is 0.257 e. The molecule has 92 valence electrons. The van der Waals surface area contributed by atoms with Crippen molar-refractivity contribution in [2.45, 2.75) is 13.3 Å². The number of benzene rings is 1. The Kier molecular flexibility index (Phi) is 3.57. The number of likely N-dealkylation sites (tertiary alicyclic amines) is 1. The van der Waals surface area contributed by atoms with Crippen LogP contribution in [0.2, 0.25) is 0 Å². The number of carbonyl (C=O) groups excluding carboxylic acids is 1. The number of phenols is 1. The van der Waals surface area contributed by atoms with Crippen LogP contribution in [-0.2, 0) is 0 Å². The van der Waals surface area contributed by atoms with Crippen molar-refractivity contribution in [2.24, 2.45) is 5.92 Å². The maximum Gasteiger partial charge on any atom is 0.257 e. The highest BCUT2D eigenvalue weighted by Gasteiger charge is 2.27. The number of alkyl halides is 1. The summed E-state index contributed by atoms with van der Waals surface area (Å²) in [5.74, 6) is 0.927. The number of hydrogen-bond donors (Lipinski definition) is 1. The minimum Gasteiger partial charge on any atom is -0.507 e. The molecule has 1 aromatic carbocycles. The summed E-state index contributed by atoms with van der Waals surface area (Å²) in [6.07, 6.45) is 0.946. The maximum absolute atomic E-state index is 12.2. The molecule has 1 atom stereocenters. The van der Waals surface area contributed by atoms with Crippen LogP contribution in [0.1, 0.15) is 22.3 Å². The molecule has 3 nitrogen and oxygen atoms in total. The summed E-state index contributed by atoms with van der Waals surface area (Å²) < 4.78 is 0. The Morgan fingerprint density at radius 1 is 1.59 bits per heavy atom. The molecular weight excluding hydrogens is 238 g/mol. The quantitative estimate of drug-likeness (QED) is 0.823. The van der Waals surface area contributed by atoms with Gasteiger partial charge in [0.15, 0.2) is 0 Å². The standard InChI is InChI=1S/C13H16ClNO2/c1-9-2-3-11(12(16)6-9)13(17)15-5-4-10(7-14)8-15/h2-3,6,10,16H,4-5,7-8H2,1H3. The molecule has 0 spiro atoms. The van der Waals surface area contributed by atoms with Gasteiger partial charge in [-0.05, 0) is 37.0 Å². The molecule has 1 fully saturated rings. The first kappa shape index (κ1) is 12.2. The monoisotopic (exact) mass is 253 g/mol. The number of rotatable bonds is 2. The fourth-order valence-electron chi connectivity index (χ4n) is 2.14. The summed E-state index contributed by atoms with van der Waals surface area (Å²) in [4.78, 5) is 13.9. The van der Waals surface area contributed by atoms with Crippen molar-refractivity contribution >= 4 is 17.5 Å². The SMILES string of the molecule is Cc1ccc(C(=O)N2CCC(CCl)C2)c(O)c1. The fraction of sp³-hybridized carbons (Fsp3) is 0.462. The summed E-state index contributed by atoms with van der Waals surface area (Å²) in [5.41, 5.74) is 1.32. The zero-order valence-corrected chi connectivity index (χ0v) is 10.6. The van der Waals surface area contributed by atoms with Gasteiger partial charge in [0.25, 0.3) is 5.91 Å². The zero-order valence-electron chi connectivity index (χ0n) is 9.82. The highest BCUT2D eigenvalue weighted by molar-refractivity contribution is 6.18. The third kappa shape index (κ3) is 2.55.